The highest BCUT2D eigenvalue weighted by atomic mass is 19.1. The highest BCUT2D eigenvalue weighted by Crippen LogP contribution is 2.34. The monoisotopic (exact) mass is 454 g/mol. The smallest absolute Gasteiger partial charge is 0.250 e. The zero-order valence-electron chi connectivity index (χ0n) is 18.2. The van der Waals surface area contributed by atoms with Gasteiger partial charge in [0.25, 0.3) is 0 Å². The summed E-state index contributed by atoms with van der Waals surface area (Å²) in [7, 11) is 3.15. The number of phenols is 1. The first-order chi connectivity index (χ1) is 15.9. The van der Waals surface area contributed by atoms with E-state index in [9.17, 15) is 13.9 Å². The van der Waals surface area contributed by atoms with Gasteiger partial charge in [0.2, 0.25) is 5.88 Å². The van der Waals surface area contributed by atoms with E-state index in [-0.39, 0.29) is 29.5 Å². The zero-order valence-corrected chi connectivity index (χ0v) is 18.2. The van der Waals surface area contributed by atoms with E-state index in [1.165, 1.54) is 31.6 Å². The number of alkyl halides is 1. The second-order valence-corrected chi connectivity index (χ2v) is 8.49. The molecule has 172 valence electrons. The van der Waals surface area contributed by atoms with E-state index in [0.29, 0.717) is 35.0 Å². The Hall–Kier alpha value is -3.40. The molecule has 4 atom stereocenters. The number of piperidine rings is 1. The van der Waals surface area contributed by atoms with Crippen LogP contribution < -0.4 is 15.0 Å². The van der Waals surface area contributed by atoms with Gasteiger partial charge in [-0.3, -0.25) is 0 Å². The Balaban J connectivity index is 1.35. The molecule has 2 aromatic heterocycles. The molecular formula is C23H24F2N6O2. The van der Waals surface area contributed by atoms with Gasteiger partial charge in [0.05, 0.1) is 24.9 Å². The average molecular weight is 454 g/mol. The Morgan fingerprint density at radius 3 is 2.67 bits per heavy atom. The topological polar surface area (TPSA) is 96.3 Å². The number of phenolic OH excluding ortho intramolecular Hbond substituents is 1. The fourth-order valence-electron chi connectivity index (χ4n) is 4.71. The van der Waals surface area contributed by atoms with Crippen LogP contribution in [-0.4, -0.2) is 63.7 Å². The molecule has 0 aliphatic carbocycles. The number of anilines is 1. The number of aromatic hydroxyl groups is 1. The lowest BCUT2D eigenvalue weighted by Gasteiger charge is -2.38. The number of hydrogen-bond acceptors (Lipinski definition) is 8. The lowest BCUT2D eigenvalue weighted by molar-refractivity contribution is 0.176. The van der Waals surface area contributed by atoms with Crippen molar-refractivity contribution >= 4 is 5.82 Å². The Labute approximate surface area is 189 Å². The van der Waals surface area contributed by atoms with Crippen molar-refractivity contribution < 1.29 is 18.6 Å². The van der Waals surface area contributed by atoms with Crippen molar-refractivity contribution in [2.75, 3.05) is 19.1 Å². The number of nitrogens with one attached hydrogen (secondary N) is 1. The van der Waals surface area contributed by atoms with Crippen LogP contribution in [0, 0.1) is 5.82 Å². The van der Waals surface area contributed by atoms with Gasteiger partial charge >= 0.3 is 0 Å². The minimum absolute atomic E-state index is 0.0783. The van der Waals surface area contributed by atoms with Crippen LogP contribution in [0.1, 0.15) is 19.3 Å². The van der Waals surface area contributed by atoms with Gasteiger partial charge in [0.15, 0.2) is 17.5 Å². The molecule has 0 unspecified atom stereocenters. The van der Waals surface area contributed by atoms with Crippen LogP contribution in [0.25, 0.3) is 22.5 Å². The second kappa shape index (κ2) is 8.51. The summed E-state index contributed by atoms with van der Waals surface area (Å²) in [5.41, 5.74) is 1.44. The molecule has 2 aliphatic rings. The summed E-state index contributed by atoms with van der Waals surface area (Å²) in [5.74, 6) is -0.0604. The highest BCUT2D eigenvalue weighted by molar-refractivity contribution is 5.72. The van der Waals surface area contributed by atoms with Gasteiger partial charge in [-0.25, -0.2) is 18.7 Å². The number of hydrogen-bond donors (Lipinski definition) is 2. The molecule has 0 amide bonds. The molecule has 4 heterocycles. The van der Waals surface area contributed by atoms with E-state index in [0.717, 1.165) is 12.8 Å². The first-order valence-electron chi connectivity index (χ1n) is 10.8. The van der Waals surface area contributed by atoms with Crippen LogP contribution in [0.2, 0.25) is 0 Å². The SMILES string of the molecule is COc1ncc(-c2ccc(-c3ncc(N(C)[C@@H]4C[C@@H]5CC[C@H](N5)[C@@H]4F)nn3)c(O)c2)cc1F. The van der Waals surface area contributed by atoms with Gasteiger partial charge < -0.3 is 20.1 Å². The minimum Gasteiger partial charge on any atom is -0.507 e. The third-order valence-corrected chi connectivity index (χ3v) is 6.53. The van der Waals surface area contributed by atoms with Gasteiger partial charge in [-0.15, -0.1) is 10.2 Å². The first-order valence-corrected chi connectivity index (χ1v) is 10.8. The molecule has 0 saturated carbocycles. The highest BCUT2D eigenvalue weighted by Gasteiger charge is 2.43. The Kier molecular flexibility index (Phi) is 5.53. The molecule has 3 aromatic rings. The summed E-state index contributed by atoms with van der Waals surface area (Å²) in [4.78, 5) is 10.1. The predicted octanol–water partition coefficient (Wildman–Crippen LogP) is 3.12. The molecule has 1 aromatic carbocycles. The number of ether oxygens (including phenoxy) is 1. The summed E-state index contributed by atoms with van der Waals surface area (Å²) >= 11 is 0. The van der Waals surface area contributed by atoms with Crippen LogP contribution in [0.3, 0.4) is 0 Å². The zero-order chi connectivity index (χ0) is 23.1. The van der Waals surface area contributed by atoms with Gasteiger partial charge in [-0.05, 0) is 43.0 Å². The molecule has 2 N–H and O–H groups in total. The number of methoxy groups -OCH3 is 1. The number of benzene rings is 1. The Bertz CT molecular complexity index is 1160. The number of nitrogens with zero attached hydrogens (tertiary/aromatic N) is 5. The van der Waals surface area contributed by atoms with Crippen LogP contribution in [0.5, 0.6) is 11.6 Å². The van der Waals surface area contributed by atoms with Crippen molar-refractivity contribution in [3.8, 4) is 34.1 Å². The van der Waals surface area contributed by atoms with Crippen LogP contribution in [-0.2, 0) is 0 Å². The van der Waals surface area contributed by atoms with Crippen molar-refractivity contribution in [1.82, 2.24) is 25.5 Å². The molecule has 0 spiro atoms. The lowest BCUT2D eigenvalue weighted by Crippen LogP contribution is -2.55. The second-order valence-electron chi connectivity index (χ2n) is 8.49. The molecule has 2 aliphatic heterocycles. The first kappa shape index (κ1) is 21.4. The molecule has 33 heavy (non-hydrogen) atoms. The van der Waals surface area contributed by atoms with Gasteiger partial charge in [-0.2, -0.15) is 0 Å². The standard InChI is InChI=1S/C23H24F2N6O2/c1-31(18-9-14-4-6-17(28-14)21(18)25)20-11-26-22(30-29-20)15-5-3-12(8-19(15)32)13-7-16(24)23(33-2)27-10-13/h3,5,7-8,10-11,14,17-18,21,28,32H,4,6,9H2,1-2H3/t14-,17-,18+,21-/m0/s1. The summed E-state index contributed by atoms with van der Waals surface area (Å²) in [6, 6.07) is 6.06. The molecular weight excluding hydrogens is 430 g/mol. The largest absolute Gasteiger partial charge is 0.507 e. The van der Waals surface area contributed by atoms with E-state index in [2.05, 4.69) is 25.5 Å². The summed E-state index contributed by atoms with van der Waals surface area (Å²) in [6.45, 7) is 0. The molecule has 8 nitrogen and oxygen atoms in total. The molecule has 2 fully saturated rings. The summed E-state index contributed by atoms with van der Waals surface area (Å²) in [6.07, 6.45) is 4.57. The number of halogens is 2. The van der Waals surface area contributed by atoms with Crippen LogP contribution >= 0.6 is 0 Å². The normalized spacial score (nSPS) is 24.0. The van der Waals surface area contributed by atoms with Gasteiger partial charge in [0, 0.05) is 30.9 Å². The number of rotatable bonds is 5. The Morgan fingerprint density at radius 1 is 1.12 bits per heavy atom. The van der Waals surface area contributed by atoms with E-state index in [1.54, 1.807) is 17.0 Å². The lowest BCUT2D eigenvalue weighted by atomic mass is 9.96. The average Bonchev–Trinajstić information content (AvgIpc) is 3.24. The van der Waals surface area contributed by atoms with Crippen LogP contribution in [0.4, 0.5) is 14.6 Å². The number of aromatic nitrogens is 4. The molecule has 10 heteroatoms. The van der Waals surface area contributed by atoms with Gasteiger partial charge in [0.1, 0.15) is 11.9 Å². The quantitative estimate of drug-likeness (QED) is 0.607. The maximum Gasteiger partial charge on any atom is 0.250 e. The van der Waals surface area contributed by atoms with Crippen molar-refractivity contribution in [2.24, 2.45) is 0 Å². The van der Waals surface area contributed by atoms with E-state index < -0.39 is 12.0 Å². The molecule has 5 rings (SSSR count). The number of pyridine rings is 1. The molecule has 0 radical (unpaired) electrons. The van der Waals surface area contributed by atoms with E-state index in [1.807, 2.05) is 7.05 Å². The fraction of sp³-hybridized carbons (Fsp3) is 0.391. The third kappa shape index (κ3) is 3.95. The Morgan fingerprint density at radius 2 is 1.97 bits per heavy atom. The van der Waals surface area contributed by atoms with Gasteiger partial charge in [-0.1, -0.05) is 6.07 Å². The predicted molar refractivity (Wildman–Crippen MR) is 118 cm³/mol. The van der Waals surface area contributed by atoms with E-state index in [4.69, 9.17) is 4.74 Å². The summed E-state index contributed by atoms with van der Waals surface area (Å²) in [5, 5.41) is 22.3. The maximum atomic E-state index is 14.9. The maximum absolute atomic E-state index is 14.9. The van der Waals surface area contributed by atoms with Crippen molar-refractivity contribution in [3.05, 3.63) is 42.5 Å². The van der Waals surface area contributed by atoms with Crippen molar-refractivity contribution in [2.45, 2.75) is 43.6 Å². The minimum atomic E-state index is -0.982. The third-order valence-electron chi connectivity index (χ3n) is 6.53. The summed E-state index contributed by atoms with van der Waals surface area (Å²) < 4.78 is 33.7. The van der Waals surface area contributed by atoms with Crippen LogP contribution in [0.15, 0.2) is 36.7 Å². The number of fused-ring (bicyclic) bond motifs is 2. The molecule has 2 saturated heterocycles. The van der Waals surface area contributed by atoms with Crippen molar-refractivity contribution in [1.29, 1.82) is 0 Å². The fourth-order valence-corrected chi connectivity index (χ4v) is 4.71. The van der Waals surface area contributed by atoms with E-state index >= 15 is 0 Å². The van der Waals surface area contributed by atoms with Crippen molar-refractivity contribution in [3.63, 3.8) is 0 Å². The molecule has 2 bridgehead atoms.